The molecule has 0 saturated carbocycles. The van der Waals surface area contributed by atoms with Crippen molar-refractivity contribution in [1.82, 2.24) is 5.06 Å². The lowest BCUT2D eigenvalue weighted by atomic mass is 10.2. The number of benzene rings is 1. The molecule has 0 amide bonds. The fourth-order valence-electron chi connectivity index (χ4n) is 1.91. The molecule has 0 aliphatic carbocycles. The smallest absolute Gasteiger partial charge is 0.335 e. The Labute approximate surface area is 117 Å². The molecule has 1 aliphatic heterocycles. The Morgan fingerprint density at radius 3 is 2.70 bits per heavy atom. The number of rotatable bonds is 5. The Hall–Kier alpha value is -2.14. The molecule has 20 heavy (non-hydrogen) atoms. The molecule has 5 nitrogen and oxygen atoms in total. The molecule has 0 N–H and O–H groups in total. The van der Waals surface area contributed by atoms with Crippen LogP contribution in [0.3, 0.4) is 0 Å². The summed E-state index contributed by atoms with van der Waals surface area (Å²) in [5, 5.41) is 1.46. The van der Waals surface area contributed by atoms with E-state index in [1.165, 1.54) is 5.06 Å². The molecule has 0 radical (unpaired) electrons. The molecule has 0 fully saturated rings. The van der Waals surface area contributed by atoms with Crippen LogP contribution < -0.4 is 0 Å². The fraction of sp³-hybridized carbons (Fsp3) is 0.333. The third-order valence-corrected chi connectivity index (χ3v) is 2.85. The molecule has 0 atom stereocenters. The number of nitrogens with zero attached hydrogens (tertiary/aromatic N) is 1. The van der Waals surface area contributed by atoms with Gasteiger partial charge in [-0.25, -0.2) is 9.59 Å². The van der Waals surface area contributed by atoms with Crippen molar-refractivity contribution in [2.24, 2.45) is 0 Å². The van der Waals surface area contributed by atoms with Gasteiger partial charge in [0.2, 0.25) is 0 Å². The summed E-state index contributed by atoms with van der Waals surface area (Å²) >= 11 is 0. The lowest BCUT2D eigenvalue weighted by Crippen LogP contribution is -2.27. The van der Waals surface area contributed by atoms with Crippen LogP contribution >= 0.6 is 0 Å². The van der Waals surface area contributed by atoms with Crippen LogP contribution in [0.5, 0.6) is 0 Å². The maximum atomic E-state index is 11.8. The molecule has 0 unspecified atom stereocenters. The van der Waals surface area contributed by atoms with E-state index in [-0.39, 0.29) is 24.9 Å². The molecule has 2 rings (SSSR count). The van der Waals surface area contributed by atoms with Gasteiger partial charge in [-0.2, -0.15) is 0 Å². The molecule has 106 valence electrons. The topological polar surface area (TPSA) is 55.8 Å². The molecular formula is C15H17NO4. The maximum Gasteiger partial charge on any atom is 0.335 e. The van der Waals surface area contributed by atoms with Crippen LogP contribution in [0, 0.1) is 0 Å². The van der Waals surface area contributed by atoms with Gasteiger partial charge in [-0.3, -0.25) is 0 Å². The van der Waals surface area contributed by atoms with Gasteiger partial charge in [0.1, 0.15) is 0 Å². The number of hydrogen-bond acceptors (Lipinski definition) is 5. The summed E-state index contributed by atoms with van der Waals surface area (Å²) < 4.78 is 4.90. The first kappa shape index (κ1) is 14.3. The highest BCUT2D eigenvalue weighted by Gasteiger charge is 2.23. The zero-order valence-electron chi connectivity index (χ0n) is 11.4. The molecule has 1 heterocycles. The van der Waals surface area contributed by atoms with E-state index in [2.05, 4.69) is 0 Å². The minimum atomic E-state index is -0.353. The number of carbonyl (C=O) groups excluding carboxylic acids is 2. The van der Waals surface area contributed by atoms with Crippen LogP contribution in [-0.2, 0) is 25.6 Å². The Balaban J connectivity index is 1.79. The highest BCUT2D eigenvalue weighted by Crippen LogP contribution is 2.12. The van der Waals surface area contributed by atoms with E-state index < -0.39 is 0 Å². The van der Waals surface area contributed by atoms with E-state index in [1.54, 1.807) is 13.0 Å². The molecule has 1 aromatic rings. The van der Waals surface area contributed by atoms with Crippen LogP contribution in [0.4, 0.5) is 0 Å². The highest BCUT2D eigenvalue weighted by molar-refractivity contribution is 5.89. The van der Waals surface area contributed by atoms with Crippen LogP contribution in [0.15, 0.2) is 42.0 Å². The minimum Gasteiger partial charge on any atom is -0.463 e. The Morgan fingerprint density at radius 2 is 2.00 bits per heavy atom. The third kappa shape index (κ3) is 3.93. The van der Waals surface area contributed by atoms with E-state index in [9.17, 15) is 9.59 Å². The molecule has 1 aromatic carbocycles. The van der Waals surface area contributed by atoms with E-state index in [4.69, 9.17) is 9.57 Å². The van der Waals surface area contributed by atoms with E-state index in [0.717, 1.165) is 5.56 Å². The first-order chi connectivity index (χ1) is 9.69. The fourth-order valence-corrected chi connectivity index (χ4v) is 1.91. The van der Waals surface area contributed by atoms with Crippen molar-refractivity contribution >= 4 is 11.9 Å². The van der Waals surface area contributed by atoms with Gasteiger partial charge in [0.15, 0.2) is 0 Å². The van der Waals surface area contributed by atoms with Gasteiger partial charge in [-0.1, -0.05) is 36.4 Å². The predicted molar refractivity (Wildman–Crippen MR) is 72.5 cm³/mol. The number of ether oxygens (including phenoxy) is 1. The van der Waals surface area contributed by atoms with Crippen molar-refractivity contribution in [3.05, 3.63) is 47.5 Å². The number of esters is 1. The van der Waals surface area contributed by atoms with Crippen LogP contribution in [0.1, 0.15) is 12.5 Å². The van der Waals surface area contributed by atoms with E-state index in [0.29, 0.717) is 18.7 Å². The summed E-state index contributed by atoms with van der Waals surface area (Å²) in [6, 6.07) is 9.38. The second-order valence-electron chi connectivity index (χ2n) is 4.40. The predicted octanol–water partition coefficient (Wildman–Crippen LogP) is 1.49. The van der Waals surface area contributed by atoms with Gasteiger partial charge in [0.25, 0.3) is 0 Å². The quantitative estimate of drug-likeness (QED) is 0.762. The lowest BCUT2D eigenvalue weighted by molar-refractivity contribution is -0.183. The van der Waals surface area contributed by atoms with E-state index in [1.807, 2.05) is 30.3 Å². The lowest BCUT2D eigenvalue weighted by Gasteiger charge is -2.15. The average Bonchev–Trinajstić information content (AvgIpc) is 2.88. The summed E-state index contributed by atoms with van der Waals surface area (Å²) in [6.07, 6.45) is 1.93. The number of hydroxylamine groups is 2. The minimum absolute atomic E-state index is 0.214. The SMILES string of the molecule is CCOC(=O)C1=CCN(OC(=O)Cc2ccccc2)C1. The summed E-state index contributed by atoms with van der Waals surface area (Å²) in [5.41, 5.74) is 1.43. The molecule has 0 saturated heterocycles. The first-order valence-electron chi connectivity index (χ1n) is 6.55. The number of hydrogen-bond donors (Lipinski definition) is 0. The molecule has 5 heteroatoms. The summed E-state index contributed by atoms with van der Waals surface area (Å²) in [7, 11) is 0. The second kappa shape index (κ2) is 6.86. The van der Waals surface area contributed by atoms with Crippen molar-refractivity contribution in [3.63, 3.8) is 0 Å². The first-order valence-corrected chi connectivity index (χ1v) is 6.55. The summed E-state index contributed by atoms with van der Waals surface area (Å²) in [5.74, 6) is -0.691. The third-order valence-electron chi connectivity index (χ3n) is 2.85. The molecule has 0 spiro atoms. The van der Waals surface area contributed by atoms with Crippen LogP contribution in [0.25, 0.3) is 0 Å². The van der Waals surface area contributed by atoms with Crippen molar-refractivity contribution in [2.75, 3.05) is 19.7 Å². The van der Waals surface area contributed by atoms with Crippen molar-refractivity contribution < 1.29 is 19.2 Å². The van der Waals surface area contributed by atoms with Crippen molar-refractivity contribution in [1.29, 1.82) is 0 Å². The van der Waals surface area contributed by atoms with Gasteiger partial charge in [0, 0.05) is 0 Å². The molecule has 0 bridgehead atoms. The summed E-state index contributed by atoms with van der Waals surface area (Å²) in [6.45, 7) is 2.78. The van der Waals surface area contributed by atoms with Crippen LogP contribution in [0.2, 0.25) is 0 Å². The zero-order chi connectivity index (χ0) is 14.4. The molecule has 1 aliphatic rings. The normalized spacial score (nSPS) is 14.8. The Morgan fingerprint density at radius 1 is 1.25 bits per heavy atom. The maximum absolute atomic E-state index is 11.8. The molecule has 0 aromatic heterocycles. The zero-order valence-corrected chi connectivity index (χ0v) is 11.4. The second-order valence-corrected chi connectivity index (χ2v) is 4.40. The molecular weight excluding hydrogens is 258 g/mol. The van der Waals surface area contributed by atoms with Gasteiger partial charge in [-0.05, 0) is 12.5 Å². The Bertz CT molecular complexity index is 510. The monoisotopic (exact) mass is 275 g/mol. The van der Waals surface area contributed by atoms with Crippen molar-refractivity contribution in [3.8, 4) is 0 Å². The average molecular weight is 275 g/mol. The highest BCUT2D eigenvalue weighted by atomic mass is 16.7. The van der Waals surface area contributed by atoms with E-state index >= 15 is 0 Å². The number of carbonyl (C=O) groups is 2. The van der Waals surface area contributed by atoms with Gasteiger partial charge < -0.3 is 9.57 Å². The standard InChI is InChI=1S/C15H17NO4/c1-2-19-15(18)13-8-9-16(11-13)20-14(17)10-12-6-4-3-5-7-12/h3-8H,2,9-11H2,1H3. The van der Waals surface area contributed by atoms with Crippen LogP contribution in [-0.4, -0.2) is 36.7 Å². The summed E-state index contributed by atoms with van der Waals surface area (Å²) in [4.78, 5) is 28.5. The van der Waals surface area contributed by atoms with Gasteiger partial charge in [0.05, 0.1) is 31.7 Å². The van der Waals surface area contributed by atoms with Gasteiger partial charge >= 0.3 is 11.9 Å². The van der Waals surface area contributed by atoms with Crippen molar-refractivity contribution in [2.45, 2.75) is 13.3 Å². The largest absolute Gasteiger partial charge is 0.463 e. The van der Waals surface area contributed by atoms with Gasteiger partial charge in [-0.15, -0.1) is 5.06 Å². The Kier molecular flexibility index (Phi) is 4.90.